The highest BCUT2D eigenvalue weighted by Gasteiger charge is 2.30. The van der Waals surface area contributed by atoms with Crippen LogP contribution in [0.25, 0.3) is 0 Å². The molecule has 0 bridgehead atoms. The minimum Gasteiger partial charge on any atom is -0.339 e. The summed E-state index contributed by atoms with van der Waals surface area (Å²) < 4.78 is 0. The maximum absolute atomic E-state index is 11.3. The van der Waals surface area contributed by atoms with E-state index in [1.165, 1.54) is 23.9 Å². The normalized spacial score (nSPS) is 24.2. The smallest absolute Gasteiger partial charge is 0.269 e. The average molecular weight is 238 g/mol. The second-order valence-corrected chi connectivity index (χ2v) is 4.97. The number of carbonyl (C=O) groups excluding carboxylic acids is 1. The summed E-state index contributed by atoms with van der Waals surface area (Å²) in [5, 5.41) is 13.1. The molecule has 1 N–H and O–H groups in total. The van der Waals surface area contributed by atoms with E-state index in [2.05, 4.69) is 5.32 Å². The molecule has 1 aromatic carbocycles. The zero-order chi connectivity index (χ0) is 11.7. The fourth-order valence-electron chi connectivity index (χ4n) is 1.51. The van der Waals surface area contributed by atoms with Crippen molar-refractivity contribution in [1.82, 2.24) is 5.32 Å². The van der Waals surface area contributed by atoms with E-state index >= 15 is 0 Å². The highest BCUT2D eigenvalue weighted by Crippen LogP contribution is 2.36. The lowest BCUT2D eigenvalue weighted by molar-refractivity contribution is -0.384. The van der Waals surface area contributed by atoms with Crippen molar-refractivity contribution in [3.05, 3.63) is 39.9 Å². The molecule has 1 aliphatic heterocycles. The average Bonchev–Trinajstić information content (AvgIpc) is 2.59. The molecule has 0 aliphatic carbocycles. The summed E-state index contributed by atoms with van der Waals surface area (Å²) >= 11 is 1.46. The van der Waals surface area contributed by atoms with Crippen LogP contribution in [-0.4, -0.2) is 16.1 Å². The Morgan fingerprint density at radius 3 is 2.81 bits per heavy atom. The minimum absolute atomic E-state index is 0.0264. The molecule has 1 heterocycles. The molecule has 1 aromatic rings. The fourth-order valence-corrected chi connectivity index (χ4v) is 2.60. The Labute approximate surface area is 96.4 Å². The molecule has 1 saturated heterocycles. The van der Waals surface area contributed by atoms with Gasteiger partial charge in [0.15, 0.2) is 0 Å². The van der Waals surface area contributed by atoms with Gasteiger partial charge in [-0.3, -0.25) is 14.9 Å². The second kappa shape index (κ2) is 4.13. The van der Waals surface area contributed by atoms with E-state index in [0.29, 0.717) is 0 Å². The first kappa shape index (κ1) is 10.9. The Kier molecular flexibility index (Phi) is 2.82. The first-order valence-corrected chi connectivity index (χ1v) is 5.72. The lowest BCUT2D eigenvalue weighted by Gasteiger charge is -2.08. The number of nitrogens with zero attached hydrogens (tertiary/aromatic N) is 1. The summed E-state index contributed by atoms with van der Waals surface area (Å²) in [6.07, 6.45) is 0. The predicted molar refractivity (Wildman–Crippen MR) is 61.0 cm³/mol. The Morgan fingerprint density at radius 1 is 1.50 bits per heavy atom. The highest BCUT2D eigenvalue weighted by atomic mass is 32.2. The largest absolute Gasteiger partial charge is 0.339 e. The predicted octanol–water partition coefficient (Wildman–Crippen LogP) is 1.84. The number of nitrogens with one attached hydrogen (secondary N) is 1. The van der Waals surface area contributed by atoms with Crippen LogP contribution in [0.5, 0.6) is 0 Å². The third kappa shape index (κ3) is 2.01. The van der Waals surface area contributed by atoms with Crippen molar-refractivity contribution in [3.63, 3.8) is 0 Å². The minimum atomic E-state index is -0.436. The summed E-state index contributed by atoms with van der Waals surface area (Å²) in [4.78, 5) is 21.5. The van der Waals surface area contributed by atoms with E-state index in [9.17, 15) is 14.9 Å². The maximum Gasteiger partial charge on any atom is 0.269 e. The molecule has 2 rings (SSSR count). The van der Waals surface area contributed by atoms with Crippen molar-refractivity contribution < 1.29 is 9.72 Å². The number of non-ortho nitro benzene ring substituents is 1. The van der Waals surface area contributed by atoms with Crippen LogP contribution >= 0.6 is 11.8 Å². The Balaban J connectivity index is 2.25. The van der Waals surface area contributed by atoms with Gasteiger partial charge in [0.05, 0.1) is 10.2 Å². The summed E-state index contributed by atoms with van der Waals surface area (Å²) in [5.41, 5.74) is 0.809. The molecule has 2 unspecified atom stereocenters. The van der Waals surface area contributed by atoms with Gasteiger partial charge in [-0.15, -0.1) is 11.8 Å². The molecule has 16 heavy (non-hydrogen) atoms. The van der Waals surface area contributed by atoms with Crippen LogP contribution in [0, 0.1) is 10.1 Å². The molecular formula is C10H10N2O3S. The third-order valence-corrected chi connectivity index (χ3v) is 3.65. The standard InChI is InChI=1S/C10H10N2O3S/c1-6-9(13)11-10(16-6)7-3-2-4-8(5-7)12(14)15/h2-6,10H,1H3,(H,11,13). The molecule has 0 saturated carbocycles. The molecule has 1 aliphatic rings. The molecule has 2 atom stereocenters. The van der Waals surface area contributed by atoms with E-state index in [-0.39, 0.29) is 22.2 Å². The number of hydrogen-bond acceptors (Lipinski definition) is 4. The number of carbonyl (C=O) groups is 1. The van der Waals surface area contributed by atoms with E-state index in [1.54, 1.807) is 12.1 Å². The summed E-state index contributed by atoms with van der Waals surface area (Å²) in [6, 6.07) is 6.34. The second-order valence-electron chi connectivity index (χ2n) is 3.52. The van der Waals surface area contributed by atoms with Crippen LogP contribution in [0.4, 0.5) is 5.69 Å². The third-order valence-electron chi connectivity index (χ3n) is 2.37. The van der Waals surface area contributed by atoms with Gasteiger partial charge in [-0.2, -0.15) is 0 Å². The topological polar surface area (TPSA) is 72.2 Å². The number of amides is 1. The van der Waals surface area contributed by atoms with Crippen molar-refractivity contribution in [2.24, 2.45) is 0 Å². The van der Waals surface area contributed by atoms with E-state index < -0.39 is 4.92 Å². The monoisotopic (exact) mass is 238 g/mol. The molecule has 1 amide bonds. The maximum atomic E-state index is 11.3. The molecular weight excluding hydrogens is 228 g/mol. The molecule has 6 heteroatoms. The summed E-state index contributed by atoms with van der Waals surface area (Å²) in [7, 11) is 0. The van der Waals surface area contributed by atoms with Gasteiger partial charge in [-0.1, -0.05) is 12.1 Å². The van der Waals surface area contributed by atoms with Crippen LogP contribution in [0.15, 0.2) is 24.3 Å². The number of thioether (sulfide) groups is 1. The van der Waals surface area contributed by atoms with Crippen LogP contribution in [0.2, 0.25) is 0 Å². The lowest BCUT2D eigenvalue weighted by Crippen LogP contribution is -2.22. The van der Waals surface area contributed by atoms with Gasteiger partial charge in [0, 0.05) is 12.1 Å². The first-order valence-electron chi connectivity index (χ1n) is 4.78. The van der Waals surface area contributed by atoms with Crippen LogP contribution < -0.4 is 5.32 Å². The SMILES string of the molecule is CC1SC(c2cccc([N+](=O)[O-])c2)NC1=O. The highest BCUT2D eigenvalue weighted by molar-refractivity contribution is 8.01. The summed E-state index contributed by atoms with van der Waals surface area (Å²) in [5.74, 6) is -0.0264. The Hall–Kier alpha value is -1.56. The first-order chi connectivity index (χ1) is 7.58. The van der Waals surface area contributed by atoms with Crippen LogP contribution in [0.3, 0.4) is 0 Å². The number of nitro benzene ring substituents is 1. The van der Waals surface area contributed by atoms with Gasteiger partial charge in [-0.25, -0.2) is 0 Å². The molecule has 0 aromatic heterocycles. The van der Waals surface area contributed by atoms with Crippen molar-refractivity contribution in [2.75, 3.05) is 0 Å². The van der Waals surface area contributed by atoms with Crippen LogP contribution in [-0.2, 0) is 4.79 Å². The van der Waals surface area contributed by atoms with Gasteiger partial charge in [0.25, 0.3) is 5.69 Å². The Morgan fingerprint density at radius 2 is 2.25 bits per heavy atom. The Bertz CT molecular complexity index is 449. The summed E-state index contributed by atoms with van der Waals surface area (Å²) in [6.45, 7) is 1.82. The molecule has 5 nitrogen and oxygen atoms in total. The number of rotatable bonds is 2. The van der Waals surface area contributed by atoms with E-state index in [0.717, 1.165) is 5.56 Å². The number of hydrogen-bond donors (Lipinski definition) is 1. The van der Waals surface area contributed by atoms with Crippen molar-refractivity contribution in [2.45, 2.75) is 17.5 Å². The lowest BCUT2D eigenvalue weighted by atomic mass is 10.2. The fraction of sp³-hybridized carbons (Fsp3) is 0.300. The van der Waals surface area contributed by atoms with Gasteiger partial charge < -0.3 is 5.32 Å². The number of benzene rings is 1. The van der Waals surface area contributed by atoms with E-state index in [1.807, 2.05) is 6.92 Å². The molecule has 0 radical (unpaired) electrons. The zero-order valence-electron chi connectivity index (χ0n) is 8.54. The van der Waals surface area contributed by atoms with Gasteiger partial charge in [-0.05, 0) is 12.5 Å². The van der Waals surface area contributed by atoms with Crippen LogP contribution in [0.1, 0.15) is 17.9 Å². The van der Waals surface area contributed by atoms with E-state index in [4.69, 9.17) is 0 Å². The molecule has 1 fully saturated rings. The molecule has 0 spiro atoms. The molecule has 84 valence electrons. The van der Waals surface area contributed by atoms with Gasteiger partial charge in [0.1, 0.15) is 5.37 Å². The van der Waals surface area contributed by atoms with Gasteiger partial charge in [0.2, 0.25) is 5.91 Å². The van der Waals surface area contributed by atoms with Crippen molar-refractivity contribution in [3.8, 4) is 0 Å². The quantitative estimate of drug-likeness (QED) is 0.630. The number of nitro groups is 1. The zero-order valence-corrected chi connectivity index (χ0v) is 9.36. The van der Waals surface area contributed by atoms with Crippen molar-refractivity contribution in [1.29, 1.82) is 0 Å². The van der Waals surface area contributed by atoms with Gasteiger partial charge >= 0.3 is 0 Å². The van der Waals surface area contributed by atoms with Crippen molar-refractivity contribution >= 4 is 23.4 Å².